The molecule has 0 aliphatic carbocycles. The second-order valence-electron chi connectivity index (χ2n) is 4.63. The quantitative estimate of drug-likeness (QED) is 0.783. The Morgan fingerprint density at radius 3 is 2.76 bits per heavy atom. The van der Waals surface area contributed by atoms with Gasteiger partial charge in [0.1, 0.15) is 11.3 Å². The topological polar surface area (TPSA) is 81.7 Å². The van der Waals surface area contributed by atoms with Gasteiger partial charge in [-0.25, -0.2) is 13.2 Å². The van der Waals surface area contributed by atoms with E-state index in [0.717, 1.165) is 0 Å². The van der Waals surface area contributed by atoms with Gasteiger partial charge in [0.2, 0.25) is 10.0 Å². The first-order valence-electron chi connectivity index (χ1n) is 6.37. The van der Waals surface area contributed by atoms with Crippen LogP contribution in [0.25, 0.3) is 0 Å². The Labute approximate surface area is 132 Å². The summed E-state index contributed by atoms with van der Waals surface area (Å²) < 4.78 is 37.5. The van der Waals surface area contributed by atoms with Crippen LogP contribution >= 0.6 is 15.9 Å². The zero-order valence-corrected chi connectivity index (χ0v) is 13.8. The third-order valence-corrected chi connectivity index (χ3v) is 5.80. The maximum Gasteiger partial charge on any atom is 0.328 e. The van der Waals surface area contributed by atoms with Crippen LogP contribution in [0.3, 0.4) is 0 Å². The Bertz CT molecular complexity index is 613. The molecule has 0 amide bonds. The summed E-state index contributed by atoms with van der Waals surface area (Å²) in [5, 5.41) is -0.646. The van der Waals surface area contributed by atoms with E-state index in [1.807, 2.05) is 0 Å². The molecule has 0 saturated carbocycles. The van der Waals surface area contributed by atoms with Crippen LogP contribution in [0.4, 0.5) is 0 Å². The molecule has 21 heavy (non-hydrogen) atoms. The summed E-state index contributed by atoms with van der Waals surface area (Å²) >= 11 is 3.32. The molecule has 8 heteroatoms. The molecule has 1 aliphatic heterocycles. The molecular formula is C13H16BrNO5S. The molecule has 1 saturated heterocycles. The van der Waals surface area contributed by atoms with Gasteiger partial charge in [0, 0.05) is 11.1 Å². The van der Waals surface area contributed by atoms with Crippen LogP contribution in [0.2, 0.25) is 0 Å². The Kier molecular flexibility index (Phi) is 5.37. The van der Waals surface area contributed by atoms with Crippen molar-refractivity contribution in [3.8, 4) is 0 Å². The van der Waals surface area contributed by atoms with E-state index in [0.29, 0.717) is 23.1 Å². The summed E-state index contributed by atoms with van der Waals surface area (Å²) in [6, 6.07) is 5.82. The number of carbonyl (C=O) groups excluding carboxylic acids is 1. The van der Waals surface area contributed by atoms with Gasteiger partial charge < -0.3 is 9.47 Å². The number of ether oxygens (including phenoxy) is 2. The van der Waals surface area contributed by atoms with Crippen LogP contribution in [-0.4, -0.2) is 40.0 Å². The molecule has 1 fully saturated rings. The van der Waals surface area contributed by atoms with Crippen LogP contribution in [0, 0.1) is 0 Å². The van der Waals surface area contributed by atoms with E-state index in [1.165, 1.54) is 7.11 Å². The van der Waals surface area contributed by atoms with Crippen molar-refractivity contribution in [1.29, 1.82) is 0 Å². The normalized spacial score (nSPS) is 20.2. The average Bonchev–Trinajstić information content (AvgIpc) is 3.00. The third-order valence-electron chi connectivity index (χ3n) is 3.26. The minimum absolute atomic E-state index is 0.138. The van der Waals surface area contributed by atoms with Crippen LogP contribution < -0.4 is 4.72 Å². The summed E-state index contributed by atoms with van der Waals surface area (Å²) in [5.74, 6) is -0.663. The number of nitrogens with one attached hydrogen (secondary N) is 1. The van der Waals surface area contributed by atoms with Crippen molar-refractivity contribution >= 4 is 31.9 Å². The largest absolute Gasteiger partial charge is 0.468 e. The SMILES string of the molecule is COC(=O)C(NS(=O)(=O)C1CCOC1)c1ccccc1Br. The lowest BCUT2D eigenvalue weighted by molar-refractivity contribution is -0.142. The predicted molar refractivity (Wildman–Crippen MR) is 80.2 cm³/mol. The van der Waals surface area contributed by atoms with Crippen molar-refractivity contribution in [3.05, 3.63) is 34.3 Å². The maximum atomic E-state index is 12.3. The maximum absolute atomic E-state index is 12.3. The lowest BCUT2D eigenvalue weighted by Gasteiger charge is -2.20. The molecule has 0 radical (unpaired) electrons. The molecular weight excluding hydrogens is 362 g/mol. The van der Waals surface area contributed by atoms with Gasteiger partial charge in [-0.05, 0) is 18.1 Å². The van der Waals surface area contributed by atoms with E-state index in [-0.39, 0.29) is 6.61 Å². The number of benzene rings is 1. The zero-order chi connectivity index (χ0) is 15.5. The van der Waals surface area contributed by atoms with Gasteiger partial charge in [0.25, 0.3) is 0 Å². The minimum Gasteiger partial charge on any atom is -0.468 e. The molecule has 1 aromatic carbocycles. The molecule has 0 aromatic heterocycles. The molecule has 6 nitrogen and oxygen atoms in total. The van der Waals surface area contributed by atoms with E-state index in [2.05, 4.69) is 20.7 Å². The van der Waals surface area contributed by atoms with E-state index in [1.54, 1.807) is 24.3 Å². The van der Waals surface area contributed by atoms with Crippen molar-refractivity contribution in [1.82, 2.24) is 4.72 Å². The van der Waals surface area contributed by atoms with Gasteiger partial charge in [-0.3, -0.25) is 0 Å². The zero-order valence-electron chi connectivity index (χ0n) is 11.4. The van der Waals surface area contributed by atoms with E-state index < -0.39 is 27.3 Å². The number of hydrogen-bond acceptors (Lipinski definition) is 5. The number of esters is 1. The van der Waals surface area contributed by atoms with Crippen LogP contribution in [-0.2, 0) is 24.3 Å². The molecule has 1 aliphatic rings. The fourth-order valence-corrected chi connectivity index (χ4v) is 4.02. The highest BCUT2D eigenvalue weighted by atomic mass is 79.9. The molecule has 116 valence electrons. The number of rotatable bonds is 5. The van der Waals surface area contributed by atoms with Crippen molar-refractivity contribution in [2.45, 2.75) is 17.7 Å². The predicted octanol–water partition coefficient (Wildman–Crippen LogP) is 1.37. The molecule has 1 heterocycles. The summed E-state index contributed by atoms with van der Waals surface area (Å²) in [6.07, 6.45) is 0.416. The van der Waals surface area contributed by atoms with Crippen molar-refractivity contribution in [2.75, 3.05) is 20.3 Å². The highest BCUT2D eigenvalue weighted by molar-refractivity contribution is 9.10. The van der Waals surface area contributed by atoms with Crippen LogP contribution in [0.5, 0.6) is 0 Å². The van der Waals surface area contributed by atoms with Crippen LogP contribution in [0.15, 0.2) is 28.7 Å². The summed E-state index contributed by atoms with van der Waals surface area (Å²) in [6.45, 7) is 0.544. The Morgan fingerprint density at radius 2 is 2.19 bits per heavy atom. The third kappa shape index (κ3) is 3.82. The number of methoxy groups -OCH3 is 1. The van der Waals surface area contributed by atoms with Crippen LogP contribution in [0.1, 0.15) is 18.0 Å². The second-order valence-corrected chi connectivity index (χ2v) is 7.47. The molecule has 0 spiro atoms. The highest BCUT2D eigenvalue weighted by Crippen LogP contribution is 2.26. The van der Waals surface area contributed by atoms with Gasteiger partial charge in [-0.15, -0.1) is 0 Å². The standard InChI is InChI=1S/C13H16BrNO5S/c1-19-13(16)12(10-4-2-3-5-11(10)14)15-21(17,18)9-6-7-20-8-9/h2-5,9,12,15H,6-8H2,1H3. The first-order valence-corrected chi connectivity index (χ1v) is 8.71. The van der Waals surface area contributed by atoms with Crippen molar-refractivity contribution in [2.24, 2.45) is 0 Å². The average molecular weight is 378 g/mol. The van der Waals surface area contributed by atoms with Gasteiger partial charge in [0.15, 0.2) is 0 Å². The second kappa shape index (κ2) is 6.87. The van der Waals surface area contributed by atoms with E-state index in [9.17, 15) is 13.2 Å². The first-order chi connectivity index (χ1) is 9.95. The van der Waals surface area contributed by atoms with Gasteiger partial charge >= 0.3 is 5.97 Å². The minimum atomic E-state index is -3.68. The van der Waals surface area contributed by atoms with E-state index in [4.69, 9.17) is 9.47 Å². The number of sulfonamides is 1. The summed E-state index contributed by atoms with van der Waals surface area (Å²) in [5.41, 5.74) is 0.506. The number of halogens is 1. The van der Waals surface area contributed by atoms with Crippen molar-refractivity contribution < 1.29 is 22.7 Å². The molecule has 2 rings (SSSR count). The fraction of sp³-hybridized carbons (Fsp3) is 0.462. The summed E-state index contributed by atoms with van der Waals surface area (Å²) in [7, 11) is -2.45. The van der Waals surface area contributed by atoms with Crippen molar-refractivity contribution in [3.63, 3.8) is 0 Å². The Balaban J connectivity index is 2.29. The fourth-order valence-electron chi connectivity index (χ4n) is 2.08. The first kappa shape index (κ1) is 16.4. The Morgan fingerprint density at radius 1 is 1.48 bits per heavy atom. The van der Waals surface area contributed by atoms with Gasteiger partial charge in [-0.1, -0.05) is 34.1 Å². The lowest BCUT2D eigenvalue weighted by atomic mass is 10.1. The van der Waals surface area contributed by atoms with Gasteiger partial charge in [0.05, 0.1) is 13.7 Å². The molecule has 1 N–H and O–H groups in total. The summed E-state index contributed by atoms with van der Waals surface area (Å²) in [4.78, 5) is 12.0. The highest BCUT2D eigenvalue weighted by Gasteiger charge is 2.35. The number of carbonyl (C=O) groups is 1. The smallest absolute Gasteiger partial charge is 0.328 e. The molecule has 1 aromatic rings. The Hall–Kier alpha value is -0.960. The van der Waals surface area contributed by atoms with E-state index >= 15 is 0 Å². The monoisotopic (exact) mass is 377 g/mol. The molecule has 2 unspecified atom stereocenters. The molecule has 2 atom stereocenters. The lowest BCUT2D eigenvalue weighted by Crippen LogP contribution is -2.40. The van der Waals surface area contributed by atoms with Gasteiger partial charge in [-0.2, -0.15) is 4.72 Å². The number of hydrogen-bond donors (Lipinski definition) is 1. The molecule has 0 bridgehead atoms.